The Balaban J connectivity index is 1.56. The number of hydrogen-bond acceptors (Lipinski definition) is 4. The molecule has 2 heterocycles. The van der Waals surface area contributed by atoms with Crippen LogP contribution in [0, 0.1) is 12.3 Å². The lowest BCUT2D eigenvalue weighted by atomic mass is 10.0. The number of amides is 1. The van der Waals surface area contributed by atoms with E-state index in [2.05, 4.69) is 21.5 Å². The lowest BCUT2D eigenvalue weighted by Crippen LogP contribution is -2.26. The maximum Gasteiger partial charge on any atom is 0.271 e. The fraction of sp³-hybridized carbons (Fsp3) is 0.368. The third-order valence-electron chi connectivity index (χ3n) is 4.49. The van der Waals surface area contributed by atoms with Crippen molar-refractivity contribution in [2.75, 3.05) is 0 Å². The van der Waals surface area contributed by atoms with E-state index in [0.29, 0.717) is 25.7 Å². The molecule has 1 aliphatic rings. The third-order valence-corrected chi connectivity index (χ3v) is 4.49. The van der Waals surface area contributed by atoms with Crippen molar-refractivity contribution in [3.8, 4) is 18.0 Å². The lowest BCUT2D eigenvalue weighted by molar-refractivity contribution is -0.121. The van der Waals surface area contributed by atoms with E-state index < -0.39 is 5.66 Å². The quantitative estimate of drug-likeness (QED) is 0.740. The Morgan fingerprint density at radius 3 is 2.65 bits per heavy atom. The molecule has 1 N–H and O–H groups in total. The van der Waals surface area contributed by atoms with Crippen LogP contribution in [0.5, 0.6) is 0 Å². The molecule has 1 amide bonds. The summed E-state index contributed by atoms with van der Waals surface area (Å²) in [5.74, 6) is 2.48. The Morgan fingerprint density at radius 1 is 1.27 bits per heavy atom. The zero-order valence-electron chi connectivity index (χ0n) is 14.7. The van der Waals surface area contributed by atoms with Crippen LogP contribution in [0.2, 0.25) is 0 Å². The van der Waals surface area contributed by atoms with Gasteiger partial charge in [0.05, 0.1) is 17.9 Å². The van der Waals surface area contributed by atoms with Crippen LogP contribution < -0.4 is 10.9 Å². The van der Waals surface area contributed by atoms with E-state index in [4.69, 9.17) is 6.42 Å². The van der Waals surface area contributed by atoms with Gasteiger partial charge in [-0.2, -0.15) is 10.2 Å². The van der Waals surface area contributed by atoms with Crippen LogP contribution in [0.15, 0.2) is 51.4 Å². The summed E-state index contributed by atoms with van der Waals surface area (Å²) >= 11 is 0. The van der Waals surface area contributed by atoms with Gasteiger partial charge < -0.3 is 5.32 Å². The molecule has 0 unspecified atom stereocenters. The third kappa shape index (κ3) is 3.91. The van der Waals surface area contributed by atoms with Crippen LogP contribution >= 0.6 is 0 Å². The van der Waals surface area contributed by atoms with Crippen molar-refractivity contribution < 1.29 is 4.79 Å². The van der Waals surface area contributed by atoms with Crippen molar-refractivity contribution in [1.29, 1.82) is 0 Å². The Morgan fingerprint density at radius 2 is 2.00 bits per heavy atom. The number of rotatable bonds is 8. The topological polar surface area (TPSA) is 80.8 Å². The first-order valence-electron chi connectivity index (χ1n) is 8.52. The molecule has 1 aliphatic heterocycles. The molecule has 134 valence electrons. The molecule has 0 saturated heterocycles. The number of terminal acetylenes is 1. The molecule has 2 aromatic rings. The zero-order valence-corrected chi connectivity index (χ0v) is 14.7. The summed E-state index contributed by atoms with van der Waals surface area (Å²) in [4.78, 5) is 24.4. The summed E-state index contributed by atoms with van der Waals surface area (Å²) in [6, 6.07) is 10.9. The second-order valence-corrected chi connectivity index (χ2v) is 6.31. The zero-order chi connectivity index (χ0) is 18.6. The van der Waals surface area contributed by atoms with Crippen molar-refractivity contribution in [3.05, 3.63) is 52.4 Å². The predicted octanol–water partition coefficient (Wildman–Crippen LogP) is 2.15. The molecule has 0 saturated carbocycles. The summed E-state index contributed by atoms with van der Waals surface area (Å²) in [5, 5.41) is 10.9. The van der Waals surface area contributed by atoms with Gasteiger partial charge in [-0.15, -0.1) is 12.3 Å². The highest BCUT2D eigenvalue weighted by Crippen LogP contribution is 2.37. The van der Waals surface area contributed by atoms with Gasteiger partial charge in [-0.3, -0.25) is 14.3 Å². The Labute approximate surface area is 151 Å². The molecular formula is C19H21N5O2. The maximum absolute atomic E-state index is 12.3. The first-order chi connectivity index (χ1) is 12.5. The average Bonchev–Trinajstić information content (AvgIpc) is 3.36. The van der Waals surface area contributed by atoms with E-state index in [0.717, 1.165) is 11.4 Å². The number of benzene rings is 1. The fourth-order valence-electron chi connectivity index (χ4n) is 2.87. The minimum Gasteiger partial charge on any atom is -0.350 e. The number of aromatic nitrogens is 2. The van der Waals surface area contributed by atoms with Crippen molar-refractivity contribution in [1.82, 2.24) is 14.7 Å². The molecule has 0 aliphatic carbocycles. The van der Waals surface area contributed by atoms with Crippen molar-refractivity contribution in [3.63, 3.8) is 0 Å². The van der Waals surface area contributed by atoms with E-state index in [-0.39, 0.29) is 18.0 Å². The number of para-hydroxylation sites is 1. The van der Waals surface area contributed by atoms with Crippen LogP contribution in [-0.2, 0) is 18.4 Å². The summed E-state index contributed by atoms with van der Waals surface area (Å²) in [7, 11) is 1.80. The number of carbonyl (C=O) groups excluding carboxylic acids is 1. The molecular weight excluding hydrogens is 330 g/mol. The van der Waals surface area contributed by atoms with Crippen molar-refractivity contribution in [2.45, 2.75) is 37.9 Å². The van der Waals surface area contributed by atoms with Gasteiger partial charge in [-0.1, -0.05) is 18.2 Å². The predicted molar refractivity (Wildman–Crippen MR) is 97.7 cm³/mol. The van der Waals surface area contributed by atoms with Gasteiger partial charge in [0.15, 0.2) is 5.66 Å². The highest BCUT2D eigenvalue weighted by atomic mass is 16.1. The second-order valence-electron chi connectivity index (χ2n) is 6.31. The van der Waals surface area contributed by atoms with Gasteiger partial charge in [0.25, 0.3) is 5.56 Å². The molecule has 0 fully saturated rings. The van der Waals surface area contributed by atoms with Crippen LogP contribution in [-0.4, -0.2) is 20.9 Å². The molecule has 1 aromatic carbocycles. The summed E-state index contributed by atoms with van der Waals surface area (Å²) in [5.41, 5.74) is 0.930. The van der Waals surface area contributed by atoms with Gasteiger partial charge in [0.1, 0.15) is 0 Å². The Bertz CT molecular complexity index is 912. The summed E-state index contributed by atoms with van der Waals surface area (Å²) in [6.45, 7) is 0.288. The summed E-state index contributed by atoms with van der Waals surface area (Å²) in [6.07, 6.45) is 7.43. The highest BCUT2D eigenvalue weighted by Gasteiger charge is 2.39. The molecule has 0 atom stereocenters. The molecule has 7 heteroatoms. The first kappa shape index (κ1) is 17.7. The molecule has 0 bridgehead atoms. The van der Waals surface area contributed by atoms with Crippen LogP contribution in [0.1, 0.15) is 31.4 Å². The van der Waals surface area contributed by atoms with Crippen molar-refractivity contribution in [2.24, 2.45) is 17.3 Å². The standard InChI is InChI=1S/C19H21N5O2/c1-3-4-11-19(21-22-19)12-10-17(25)20-14-16-13-18(26)24(23(16)2)15-8-6-5-7-9-15/h1,5-9,13H,4,10-12,14H2,2H3,(H,20,25). The molecule has 1 aromatic heterocycles. The van der Waals surface area contributed by atoms with E-state index in [1.807, 2.05) is 30.3 Å². The number of nitrogens with one attached hydrogen (secondary N) is 1. The number of hydrogen-bond donors (Lipinski definition) is 1. The SMILES string of the molecule is C#CCCC1(CCC(=O)NCc2cc(=O)n(-c3ccccc3)n2C)N=N1. The number of carbonyl (C=O) groups is 1. The molecule has 26 heavy (non-hydrogen) atoms. The molecule has 7 nitrogen and oxygen atoms in total. The summed E-state index contributed by atoms with van der Waals surface area (Å²) < 4.78 is 3.32. The lowest BCUT2D eigenvalue weighted by Gasteiger charge is -2.11. The van der Waals surface area contributed by atoms with Gasteiger partial charge in [-0.25, -0.2) is 4.68 Å². The fourth-order valence-corrected chi connectivity index (χ4v) is 2.87. The van der Waals surface area contributed by atoms with Gasteiger partial charge in [0, 0.05) is 38.8 Å². The average molecular weight is 351 g/mol. The maximum atomic E-state index is 12.3. The molecule has 0 radical (unpaired) electrons. The number of nitrogens with zero attached hydrogens (tertiary/aromatic N) is 4. The van der Waals surface area contributed by atoms with E-state index in [9.17, 15) is 9.59 Å². The minimum atomic E-state index is -0.451. The van der Waals surface area contributed by atoms with E-state index >= 15 is 0 Å². The van der Waals surface area contributed by atoms with Gasteiger partial charge in [0.2, 0.25) is 5.91 Å². The molecule has 3 rings (SSSR count). The van der Waals surface area contributed by atoms with Crippen molar-refractivity contribution >= 4 is 5.91 Å². The van der Waals surface area contributed by atoms with E-state index in [1.54, 1.807) is 16.4 Å². The monoisotopic (exact) mass is 351 g/mol. The highest BCUT2D eigenvalue weighted by molar-refractivity contribution is 5.75. The van der Waals surface area contributed by atoms with Crippen LogP contribution in [0.4, 0.5) is 0 Å². The van der Waals surface area contributed by atoms with Crippen LogP contribution in [0.3, 0.4) is 0 Å². The largest absolute Gasteiger partial charge is 0.350 e. The van der Waals surface area contributed by atoms with E-state index in [1.165, 1.54) is 6.07 Å². The van der Waals surface area contributed by atoms with Gasteiger partial charge in [-0.05, 0) is 12.1 Å². The Hall–Kier alpha value is -3.14. The van der Waals surface area contributed by atoms with Gasteiger partial charge >= 0.3 is 0 Å². The van der Waals surface area contributed by atoms with Crippen LogP contribution in [0.25, 0.3) is 5.69 Å². The normalized spacial score (nSPS) is 14.0. The second kappa shape index (κ2) is 7.40. The Kier molecular flexibility index (Phi) is 5.03. The smallest absolute Gasteiger partial charge is 0.271 e. The first-order valence-corrected chi connectivity index (χ1v) is 8.52. The minimum absolute atomic E-state index is 0.0951. The molecule has 0 spiro atoms.